The van der Waals surface area contributed by atoms with Crippen LogP contribution in [0.3, 0.4) is 0 Å². The summed E-state index contributed by atoms with van der Waals surface area (Å²) in [7, 11) is 2.11. The van der Waals surface area contributed by atoms with Crippen molar-refractivity contribution in [3.8, 4) is 0 Å². The van der Waals surface area contributed by atoms with E-state index in [2.05, 4.69) is 28.5 Å². The fraction of sp³-hybridized carbons (Fsp3) is 0.556. The molecule has 1 aliphatic carbocycles. The molecule has 1 atom stereocenters. The summed E-state index contributed by atoms with van der Waals surface area (Å²) >= 11 is 6.24. The van der Waals surface area contributed by atoms with E-state index in [0.29, 0.717) is 0 Å². The quantitative estimate of drug-likeness (QED) is 0.878. The van der Waals surface area contributed by atoms with Gasteiger partial charge >= 0.3 is 0 Å². The van der Waals surface area contributed by atoms with Crippen LogP contribution in [0.2, 0.25) is 5.02 Å². The van der Waals surface area contributed by atoms with Gasteiger partial charge in [0.1, 0.15) is 0 Å². The molecule has 25 heavy (non-hydrogen) atoms. The number of piperazine rings is 1. The predicted molar refractivity (Wildman–Crippen MR) is 100 cm³/mol. The highest BCUT2D eigenvalue weighted by molar-refractivity contribution is 6.30. The van der Waals surface area contributed by atoms with E-state index in [9.17, 15) is 0 Å². The van der Waals surface area contributed by atoms with Crippen LogP contribution in [-0.4, -0.2) is 41.7 Å². The molecule has 136 valence electrons. The molecule has 1 unspecified atom stereocenters. The minimum Gasteiger partial charge on any atom is -0.338 e. The second kappa shape index (κ2) is 7.62. The SMILES string of the molecule is CN1CCNCC1c1noc(C2(c3cccc(Cl)c3)CCCC2)n1.Cl. The number of halogens is 2. The third kappa shape index (κ3) is 3.43. The number of nitrogens with zero attached hydrogens (tertiary/aromatic N) is 3. The highest BCUT2D eigenvalue weighted by atomic mass is 35.5. The standard InChI is InChI=1S/C18H23ClN4O.ClH/c1-23-10-9-20-12-15(23)16-21-17(24-22-16)18(7-2-3-8-18)13-5-4-6-14(19)11-13;/h4-6,11,15,20H,2-3,7-10,12H2,1H3;1H. The number of rotatable bonds is 3. The van der Waals surface area contributed by atoms with Gasteiger partial charge in [0, 0.05) is 24.7 Å². The molecule has 0 spiro atoms. The zero-order valence-corrected chi connectivity index (χ0v) is 15.9. The van der Waals surface area contributed by atoms with Gasteiger partial charge in [0.25, 0.3) is 0 Å². The van der Waals surface area contributed by atoms with Crippen molar-refractivity contribution in [3.63, 3.8) is 0 Å². The van der Waals surface area contributed by atoms with Gasteiger partial charge in [-0.25, -0.2) is 0 Å². The molecule has 0 radical (unpaired) electrons. The van der Waals surface area contributed by atoms with E-state index in [4.69, 9.17) is 21.1 Å². The van der Waals surface area contributed by atoms with Crippen LogP contribution in [0.4, 0.5) is 0 Å². The van der Waals surface area contributed by atoms with Gasteiger partial charge in [-0.15, -0.1) is 12.4 Å². The number of nitrogens with one attached hydrogen (secondary N) is 1. The Balaban J connectivity index is 0.00000182. The number of hydrogen-bond acceptors (Lipinski definition) is 5. The smallest absolute Gasteiger partial charge is 0.237 e. The minimum absolute atomic E-state index is 0. The second-order valence-electron chi connectivity index (χ2n) is 6.96. The van der Waals surface area contributed by atoms with E-state index in [1.54, 1.807) is 0 Å². The zero-order chi connectivity index (χ0) is 16.6. The van der Waals surface area contributed by atoms with Crippen LogP contribution in [0.1, 0.15) is 49.0 Å². The lowest BCUT2D eigenvalue weighted by Gasteiger charge is -2.30. The van der Waals surface area contributed by atoms with Crippen molar-refractivity contribution in [2.45, 2.75) is 37.1 Å². The first-order valence-electron chi connectivity index (χ1n) is 8.70. The Bertz CT molecular complexity index is 715. The Hall–Kier alpha value is -1.14. The summed E-state index contributed by atoms with van der Waals surface area (Å²) in [6, 6.07) is 8.28. The first-order chi connectivity index (χ1) is 11.7. The molecule has 4 rings (SSSR count). The maximum absolute atomic E-state index is 6.24. The summed E-state index contributed by atoms with van der Waals surface area (Å²) in [5.74, 6) is 1.53. The third-order valence-electron chi connectivity index (χ3n) is 5.49. The van der Waals surface area contributed by atoms with Gasteiger partial charge in [-0.05, 0) is 37.6 Å². The summed E-state index contributed by atoms with van der Waals surface area (Å²) in [4.78, 5) is 7.13. The van der Waals surface area contributed by atoms with Crippen molar-refractivity contribution in [2.75, 3.05) is 26.7 Å². The van der Waals surface area contributed by atoms with Crippen LogP contribution in [0, 0.1) is 0 Å². The van der Waals surface area contributed by atoms with Crippen molar-refractivity contribution < 1.29 is 4.52 Å². The van der Waals surface area contributed by atoms with Crippen molar-refractivity contribution in [1.82, 2.24) is 20.4 Å². The molecular formula is C18H24Cl2N4O. The lowest BCUT2D eigenvalue weighted by atomic mass is 9.78. The van der Waals surface area contributed by atoms with E-state index in [1.807, 2.05) is 18.2 Å². The van der Waals surface area contributed by atoms with Gasteiger partial charge in [-0.2, -0.15) is 4.98 Å². The van der Waals surface area contributed by atoms with Crippen molar-refractivity contribution in [2.24, 2.45) is 0 Å². The van der Waals surface area contributed by atoms with E-state index >= 15 is 0 Å². The van der Waals surface area contributed by atoms with Crippen molar-refractivity contribution in [3.05, 3.63) is 46.6 Å². The summed E-state index contributed by atoms with van der Waals surface area (Å²) in [5.41, 5.74) is 1.01. The first kappa shape index (κ1) is 18.6. The van der Waals surface area contributed by atoms with Crippen LogP contribution in [0.25, 0.3) is 0 Å². The maximum Gasteiger partial charge on any atom is 0.237 e. The van der Waals surface area contributed by atoms with Gasteiger partial charge in [0.05, 0.1) is 11.5 Å². The molecule has 2 heterocycles. The molecule has 1 saturated heterocycles. The largest absolute Gasteiger partial charge is 0.338 e. The van der Waals surface area contributed by atoms with Gasteiger partial charge in [-0.1, -0.05) is 41.7 Å². The first-order valence-corrected chi connectivity index (χ1v) is 9.08. The molecular weight excluding hydrogens is 359 g/mol. The molecule has 1 N–H and O–H groups in total. The molecule has 7 heteroatoms. The lowest BCUT2D eigenvalue weighted by molar-refractivity contribution is 0.190. The van der Waals surface area contributed by atoms with Crippen LogP contribution < -0.4 is 5.32 Å². The van der Waals surface area contributed by atoms with Crippen LogP contribution in [-0.2, 0) is 5.41 Å². The second-order valence-corrected chi connectivity index (χ2v) is 7.39. The Morgan fingerprint density at radius 1 is 1.32 bits per heavy atom. The topological polar surface area (TPSA) is 54.2 Å². The number of aromatic nitrogens is 2. The molecule has 1 aromatic heterocycles. The minimum atomic E-state index is -0.184. The normalized spacial score (nSPS) is 23.4. The molecule has 1 aromatic carbocycles. The van der Waals surface area contributed by atoms with E-state index < -0.39 is 0 Å². The van der Waals surface area contributed by atoms with Gasteiger partial charge in [-0.3, -0.25) is 4.90 Å². The monoisotopic (exact) mass is 382 g/mol. The molecule has 0 bridgehead atoms. The summed E-state index contributed by atoms with van der Waals surface area (Å²) in [6.07, 6.45) is 4.42. The molecule has 1 saturated carbocycles. The number of hydrogen-bond donors (Lipinski definition) is 1. The Morgan fingerprint density at radius 3 is 2.84 bits per heavy atom. The van der Waals surface area contributed by atoms with Gasteiger partial charge in [0.2, 0.25) is 5.89 Å². The van der Waals surface area contributed by atoms with E-state index in [0.717, 1.165) is 49.2 Å². The molecule has 5 nitrogen and oxygen atoms in total. The maximum atomic E-state index is 6.24. The van der Waals surface area contributed by atoms with Crippen LogP contribution >= 0.6 is 24.0 Å². The molecule has 2 aromatic rings. The average molecular weight is 383 g/mol. The Kier molecular flexibility index (Phi) is 5.68. The Morgan fingerprint density at radius 2 is 2.12 bits per heavy atom. The third-order valence-corrected chi connectivity index (χ3v) is 5.73. The molecule has 1 aliphatic heterocycles. The number of likely N-dealkylation sites (N-methyl/N-ethyl adjacent to an activating group) is 1. The van der Waals surface area contributed by atoms with Gasteiger partial charge in [0.15, 0.2) is 5.82 Å². The van der Waals surface area contributed by atoms with Crippen LogP contribution in [0.5, 0.6) is 0 Å². The van der Waals surface area contributed by atoms with Crippen LogP contribution in [0.15, 0.2) is 28.8 Å². The zero-order valence-electron chi connectivity index (χ0n) is 14.4. The Labute approximate surface area is 159 Å². The fourth-order valence-electron chi connectivity index (χ4n) is 4.05. The summed E-state index contributed by atoms with van der Waals surface area (Å²) in [5, 5.41) is 8.50. The number of benzene rings is 1. The average Bonchev–Trinajstić information content (AvgIpc) is 3.25. The fourth-order valence-corrected chi connectivity index (χ4v) is 4.24. The highest BCUT2D eigenvalue weighted by Crippen LogP contribution is 2.46. The summed E-state index contributed by atoms with van der Waals surface area (Å²) < 4.78 is 5.79. The predicted octanol–water partition coefficient (Wildman–Crippen LogP) is 3.58. The highest BCUT2D eigenvalue weighted by Gasteiger charge is 2.43. The molecule has 2 aliphatic rings. The summed E-state index contributed by atoms with van der Waals surface area (Å²) in [6.45, 7) is 2.86. The molecule has 2 fully saturated rings. The van der Waals surface area contributed by atoms with Crippen molar-refractivity contribution >= 4 is 24.0 Å². The molecule has 0 amide bonds. The van der Waals surface area contributed by atoms with E-state index in [1.165, 1.54) is 18.4 Å². The lowest BCUT2D eigenvalue weighted by Crippen LogP contribution is -2.44. The van der Waals surface area contributed by atoms with Gasteiger partial charge < -0.3 is 9.84 Å². The van der Waals surface area contributed by atoms with Crippen molar-refractivity contribution in [1.29, 1.82) is 0 Å². The van der Waals surface area contributed by atoms with E-state index in [-0.39, 0.29) is 23.9 Å².